The summed E-state index contributed by atoms with van der Waals surface area (Å²) in [6.45, 7) is 4.89. The van der Waals surface area contributed by atoms with Crippen molar-refractivity contribution in [3.05, 3.63) is 77.5 Å². The number of para-hydroxylation sites is 2. The molecule has 0 aliphatic carbocycles. The summed E-state index contributed by atoms with van der Waals surface area (Å²) in [5.74, 6) is 0.495. The van der Waals surface area contributed by atoms with Gasteiger partial charge in [-0.1, -0.05) is 42.5 Å². The monoisotopic (exact) mass is 457 g/mol. The molecule has 1 atom stereocenters. The van der Waals surface area contributed by atoms with E-state index in [1.807, 2.05) is 35.0 Å². The SMILES string of the molecule is CC(C)n1nc(COc2ccccc2CC(=O)O)c2cc(-c3cccc4c3OCC4N)ccc21. The van der Waals surface area contributed by atoms with Crippen LogP contribution in [0.25, 0.3) is 22.0 Å². The Labute approximate surface area is 197 Å². The zero-order chi connectivity index (χ0) is 23.8. The number of nitrogens with two attached hydrogens (primary N) is 1. The third-order valence-corrected chi connectivity index (χ3v) is 6.11. The third-order valence-electron chi connectivity index (χ3n) is 6.11. The molecule has 174 valence electrons. The summed E-state index contributed by atoms with van der Waals surface area (Å²) in [7, 11) is 0. The molecule has 2 heterocycles. The molecule has 1 aliphatic rings. The van der Waals surface area contributed by atoms with Gasteiger partial charge < -0.3 is 20.3 Å². The molecule has 3 N–H and O–H groups in total. The molecule has 1 aliphatic heterocycles. The average molecular weight is 458 g/mol. The fourth-order valence-electron chi connectivity index (χ4n) is 4.47. The van der Waals surface area contributed by atoms with Crippen molar-refractivity contribution in [2.75, 3.05) is 6.61 Å². The van der Waals surface area contributed by atoms with Crippen LogP contribution in [0.3, 0.4) is 0 Å². The van der Waals surface area contributed by atoms with Gasteiger partial charge in [0.15, 0.2) is 0 Å². The molecule has 0 saturated heterocycles. The van der Waals surface area contributed by atoms with Crippen LogP contribution in [0.15, 0.2) is 60.7 Å². The lowest BCUT2D eigenvalue weighted by molar-refractivity contribution is -0.136. The quantitative estimate of drug-likeness (QED) is 0.410. The molecule has 7 nitrogen and oxygen atoms in total. The molecule has 3 aromatic carbocycles. The first-order chi connectivity index (χ1) is 16.4. The normalized spacial score (nSPS) is 14.9. The molecule has 34 heavy (non-hydrogen) atoms. The van der Waals surface area contributed by atoms with Crippen molar-refractivity contribution >= 4 is 16.9 Å². The van der Waals surface area contributed by atoms with E-state index in [1.54, 1.807) is 12.1 Å². The number of hydrogen-bond donors (Lipinski definition) is 2. The Balaban J connectivity index is 1.54. The Morgan fingerprint density at radius 2 is 2.03 bits per heavy atom. The molecular formula is C27H27N3O4. The maximum atomic E-state index is 11.2. The smallest absolute Gasteiger partial charge is 0.307 e. The highest BCUT2D eigenvalue weighted by molar-refractivity contribution is 5.88. The van der Waals surface area contributed by atoms with Crippen LogP contribution >= 0.6 is 0 Å². The number of carboxylic acids is 1. The minimum Gasteiger partial charge on any atom is -0.491 e. The number of aromatic nitrogens is 2. The van der Waals surface area contributed by atoms with Crippen molar-refractivity contribution in [1.82, 2.24) is 9.78 Å². The van der Waals surface area contributed by atoms with E-state index >= 15 is 0 Å². The van der Waals surface area contributed by atoms with Crippen LogP contribution in [0, 0.1) is 0 Å². The van der Waals surface area contributed by atoms with Gasteiger partial charge in [0.1, 0.15) is 30.4 Å². The number of carboxylic acid groups (broad SMARTS) is 1. The molecule has 0 radical (unpaired) electrons. The van der Waals surface area contributed by atoms with Crippen molar-refractivity contribution in [2.24, 2.45) is 5.73 Å². The minimum atomic E-state index is -0.896. The Morgan fingerprint density at radius 1 is 1.21 bits per heavy atom. The summed E-state index contributed by atoms with van der Waals surface area (Å²) in [4.78, 5) is 11.2. The minimum absolute atomic E-state index is 0.0945. The van der Waals surface area contributed by atoms with Crippen molar-refractivity contribution in [2.45, 2.75) is 39.0 Å². The van der Waals surface area contributed by atoms with E-state index in [-0.39, 0.29) is 25.1 Å². The van der Waals surface area contributed by atoms with E-state index in [0.717, 1.165) is 39.0 Å². The van der Waals surface area contributed by atoms with Crippen LogP contribution in [0.2, 0.25) is 0 Å². The zero-order valence-electron chi connectivity index (χ0n) is 19.2. The van der Waals surface area contributed by atoms with E-state index in [4.69, 9.17) is 20.3 Å². The number of fused-ring (bicyclic) bond motifs is 2. The van der Waals surface area contributed by atoms with Gasteiger partial charge in [0, 0.05) is 28.1 Å². The fourth-order valence-corrected chi connectivity index (χ4v) is 4.47. The first-order valence-electron chi connectivity index (χ1n) is 11.4. The maximum Gasteiger partial charge on any atom is 0.307 e. The van der Waals surface area contributed by atoms with Gasteiger partial charge in [-0.3, -0.25) is 9.48 Å². The number of carbonyl (C=O) groups is 1. The van der Waals surface area contributed by atoms with Crippen LogP contribution in [-0.4, -0.2) is 27.5 Å². The lowest BCUT2D eigenvalue weighted by Gasteiger charge is -2.10. The van der Waals surface area contributed by atoms with Crippen LogP contribution < -0.4 is 15.2 Å². The zero-order valence-corrected chi connectivity index (χ0v) is 19.2. The van der Waals surface area contributed by atoms with E-state index in [9.17, 15) is 9.90 Å². The Morgan fingerprint density at radius 3 is 2.82 bits per heavy atom. The van der Waals surface area contributed by atoms with Gasteiger partial charge in [-0.05, 0) is 37.6 Å². The highest BCUT2D eigenvalue weighted by atomic mass is 16.5. The highest BCUT2D eigenvalue weighted by Gasteiger charge is 2.24. The second-order valence-electron chi connectivity index (χ2n) is 8.83. The van der Waals surface area contributed by atoms with E-state index in [0.29, 0.717) is 17.9 Å². The van der Waals surface area contributed by atoms with Gasteiger partial charge in [-0.25, -0.2) is 0 Å². The largest absolute Gasteiger partial charge is 0.491 e. The molecule has 0 saturated carbocycles. The van der Waals surface area contributed by atoms with E-state index in [2.05, 4.69) is 32.0 Å². The summed E-state index contributed by atoms with van der Waals surface area (Å²) >= 11 is 0. The third kappa shape index (κ3) is 3.99. The summed E-state index contributed by atoms with van der Waals surface area (Å²) in [6.07, 6.45) is -0.0945. The Bertz CT molecular complexity index is 1380. The van der Waals surface area contributed by atoms with E-state index in [1.165, 1.54) is 0 Å². The lowest BCUT2D eigenvalue weighted by atomic mass is 9.98. The lowest BCUT2D eigenvalue weighted by Crippen LogP contribution is -2.10. The van der Waals surface area contributed by atoms with Crippen LogP contribution in [0.4, 0.5) is 0 Å². The van der Waals surface area contributed by atoms with Crippen molar-refractivity contribution in [3.63, 3.8) is 0 Å². The summed E-state index contributed by atoms with van der Waals surface area (Å²) < 4.78 is 14.0. The summed E-state index contributed by atoms with van der Waals surface area (Å²) in [5, 5.41) is 15.0. The number of rotatable bonds is 7. The number of nitrogens with zero attached hydrogens (tertiary/aromatic N) is 2. The molecule has 4 aromatic rings. The van der Waals surface area contributed by atoms with Gasteiger partial charge >= 0.3 is 5.97 Å². The van der Waals surface area contributed by atoms with Gasteiger partial charge in [0.05, 0.1) is 18.0 Å². The standard InChI is InChI=1S/C27H27N3O4/c1-16(2)30-24-11-10-17(19-7-5-8-20-22(28)14-34-27(19)20)12-21(24)23(29-30)15-33-25-9-4-3-6-18(25)13-26(31)32/h3-12,16,22H,13-15,28H2,1-2H3,(H,31,32). The van der Waals surface area contributed by atoms with Gasteiger partial charge in [-0.15, -0.1) is 0 Å². The summed E-state index contributed by atoms with van der Waals surface area (Å²) in [6, 6.07) is 19.6. The van der Waals surface area contributed by atoms with Crippen LogP contribution in [0.5, 0.6) is 11.5 Å². The number of benzene rings is 3. The second kappa shape index (κ2) is 8.83. The molecule has 0 amide bonds. The topological polar surface area (TPSA) is 99.6 Å². The first kappa shape index (κ1) is 22.0. The summed E-state index contributed by atoms with van der Waals surface area (Å²) in [5.41, 5.74) is 11.7. The molecule has 5 rings (SSSR count). The molecule has 0 fully saturated rings. The average Bonchev–Trinajstić information content (AvgIpc) is 3.38. The Kier molecular flexibility index (Phi) is 5.71. The predicted molar refractivity (Wildman–Crippen MR) is 130 cm³/mol. The predicted octanol–water partition coefficient (Wildman–Crippen LogP) is 4.88. The second-order valence-corrected chi connectivity index (χ2v) is 8.83. The molecule has 1 aromatic heterocycles. The first-order valence-corrected chi connectivity index (χ1v) is 11.4. The highest BCUT2D eigenvalue weighted by Crippen LogP contribution is 2.41. The van der Waals surface area contributed by atoms with Gasteiger partial charge in [0.2, 0.25) is 0 Å². The number of aliphatic carboxylic acids is 1. The number of ether oxygens (including phenoxy) is 2. The molecule has 0 bridgehead atoms. The van der Waals surface area contributed by atoms with Crippen molar-refractivity contribution < 1.29 is 19.4 Å². The van der Waals surface area contributed by atoms with E-state index < -0.39 is 5.97 Å². The van der Waals surface area contributed by atoms with Crippen LogP contribution in [-0.2, 0) is 17.8 Å². The van der Waals surface area contributed by atoms with Crippen molar-refractivity contribution in [1.29, 1.82) is 0 Å². The molecular weight excluding hydrogens is 430 g/mol. The number of hydrogen-bond acceptors (Lipinski definition) is 5. The molecule has 1 unspecified atom stereocenters. The Hall–Kier alpha value is -3.84. The molecule has 7 heteroatoms. The molecule has 0 spiro atoms. The van der Waals surface area contributed by atoms with Crippen molar-refractivity contribution in [3.8, 4) is 22.6 Å². The maximum absolute atomic E-state index is 11.2. The fraction of sp³-hybridized carbons (Fsp3) is 0.259. The van der Waals surface area contributed by atoms with Crippen LogP contribution in [0.1, 0.15) is 42.8 Å². The van der Waals surface area contributed by atoms with Gasteiger partial charge in [0.25, 0.3) is 0 Å². The van der Waals surface area contributed by atoms with Gasteiger partial charge in [-0.2, -0.15) is 5.10 Å².